The average Bonchev–Trinajstić information content (AvgIpc) is 3.08. The Bertz CT molecular complexity index is 847. The van der Waals surface area contributed by atoms with Gasteiger partial charge in [0.2, 0.25) is 5.91 Å². The lowest BCUT2D eigenvalue weighted by Gasteiger charge is -2.12. The van der Waals surface area contributed by atoms with E-state index in [1.807, 2.05) is 0 Å². The highest BCUT2D eigenvalue weighted by Gasteiger charge is 2.08. The number of methoxy groups -OCH3 is 1. The molecule has 1 aromatic carbocycles. The zero-order chi connectivity index (χ0) is 19.6. The van der Waals surface area contributed by atoms with E-state index in [1.165, 1.54) is 19.3 Å². The minimum Gasteiger partial charge on any atom is -0.493 e. The quantitative estimate of drug-likeness (QED) is 0.393. The number of nitrogens with one attached hydrogen (secondary N) is 3. The van der Waals surface area contributed by atoms with Gasteiger partial charge in [-0.15, -0.1) is 0 Å². The minimum atomic E-state index is -0.487. The van der Waals surface area contributed by atoms with Gasteiger partial charge in [0.05, 0.1) is 7.11 Å². The van der Waals surface area contributed by atoms with Crippen LogP contribution in [0.25, 0.3) is 6.08 Å². The summed E-state index contributed by atoms with van der Waals surface area (Å²) in [6.45, 7) is 1.54. The molecule has 0 aliphatic carbocycles. The fourth-order valence-electron chi connectivity index (χ4n) is 1.93. The van der Waals surface area contributed by atoms with Crippen molar-refractivity contribution < 1.29 is 23.5 Å². The van der Waals surface area contributed by atoms with Gasteiger partial charge in [0.15, 0.2) is 23.2 Å². The summed E-state index contributed by atoms with van der Waals surface area (Å²) in [5.41, 5.74) is 4.73. The largest absolute Gasteiger partial charge is 0.493 e. The molecule has 0 spiro atoms. The molecule has 3 N–H and O–H groups in total. The van der Waals surface area contributed by atoms with Crippen molar-refractivity contribution in [2.75, 3.05) is 13.7 Å². The summed E-state index contributed by atoms with van der Waals surface area (Å²) < 4.78 is 15.8. The van der Waals surface area contributed by atoms with Gasteiger partial charge < -0.3 is 13.9 Å². The Balaban J connectivity index is 1.70. The van der Waals surface area contributed by atoms with Crippen molar-refractivity contribution >= 4 is 35.2 Å². The van der Waals surface area contributed by atoms with E-state index in [0.29, 0.717) is 17.3 Å². The summed E-state index contributed by atoms with van der Waals surface area (Å²) in [5.74, 6) is 1.28. The summed E-state index contributed by atoms with van der Waals surface area (Å²) in [6.07, 6.45) is 2.77. The number of para-hydroxylation sites is 2. The van der Waals surface area contributed by atoms with Crippen LogP contribution in [0.1, 0.15) is 11.5 Å². The van der Waals surface area contributed by atoms with Gasteiger partial charge in [-0.25, -0.2) is 0 Å². The lowest BCUT2D eigenvalue weighted by Crippen LogP contribution is -2.49. The van der Waals surface area contributed by atoms with Gasteiger partial charge in [-0.05, 0) is 49.5 Å². The van der Waals surface area contributed by atoms with E-state index in [-0.39, 0.29) is 11.7 Å². The smallest absolute Gasteiger partial charge is 0.276 e. The molecule has 0 radical (unpaired) electrons. The van der Waals surface area contributed by atoms with Crippen LogP contribution in [-0.4, -0.2) is 30.6 Å². The number of benzene rings is 1. The van der Waals surface area contributed by atoms with Gasteiger partial charge in [0.25, 0.3) is 5.91 Å². The van der Waals surface area contributed by atoms with Crippen molar-refractivity contribution in [1.82, 2.24) is 16.2 Å². The molecule has 2 amide bonds. The molecule has 1 heterocycles. The molecule has 0 bridgehead atoms. The van der Waals surface area contributed by atoms with Crippen molar-refractivity contribution in [3.63, 3.8) is 0 Å². The van der Waals surface area contributed by atoms with Crippen molar-refractivity contribution in [2.24, 2.45) is 0 Å². The molecular weight excluding hydrogens is 370 g/mol. The Hall–Kier alpha value is -3.33. The fraction of sp³-hybridized carbons (Fsp3) is 0.167. The number of carbonyl (C=O) groups is 2. The topological polar surface area (TPSA) is 102 Å². The average molecular weight is 389 g/mol. The van der Waals surface area contributed by atoms with Crippen LogP contribution in [0, 0.1) is 6.92 Å². The van der Waals surface area contributed by atoms with E-state index >= 15 is 0 Å². The van der Waals surface area contributed by atoms with Gasteiger partial charge in [0.1, 0.15) is 11.5 Å². The van der Waals surface area contributed by atoms with Gasteiger partial charge in [-0.3, -0.25) is 25.8 Å². The van der Waals surface area contributed by atoms with Crippen LogP contribution in [0.5, 0.6) is 11.5 Å². The van der Waals surface area contributed by atoms with Crippen LogP contribution >= 0.6 is 12.2 Å². The van der Waals surface area contributed by atoms with E-state index < -0.39 is 11.8 Å². The van der Waals surface area contributed by atoms with Crippen molar-refractivity contribution in [3.05, 3.63) is 54.0 Å². The van der Waals surface area contributed by atoms with Crippen LogP contribution in [0.3, 0.4) is 0 Å². The lowest BCUT2D eigenvalue weighted by atomic mass is 10.3. The maximum absolute atomic E-state index is 11.8. The third-order valence-corrected chi connectivity index (χ3v) is 3.34. The first kappa shape index (κ1) is 20.0. The van der Waals surface area contributed by atoms with Crippen LogP contribution in [0.2, 0.25) is 0 Å². The maximum atomic E-state index is 11.8. The minimum absolute atomic E-state index is 0.0640. The molecule has 0 saturated carbocycles. The van der Waals surface area contributed by atoms with Crippen molar-refractivity contribution in [3.8, 4) is 11.5 Å². The second-order valence-corrected chi connectivity index (χ2v) is 5.62. The predicted molar refractivity (Wildman–Crippen MR) is 103 cm³/mol. The molecule has 27 heavy (non-hydrogen) atoms. The molecule has 0 aliphatic rings. The Kier molecular flexibility index (Phi) is 7.38. The molecule has 9 heteroatoms. The number of hydrazine groups is 1. The second kappa shape index (κ2) is 9.97. The second-order valence-electron chi connectivity index (χ2n) is 5.21. The number of thiocarbonyl (C=S) groups is 1. The van der Waals surface area contributed by atoms with Crippen LogP contribution in [0.4, 0.5) is 0 Å². The van der Waals surface area contributed by atoms with Gasteiger partial charge >= 0.3 is 0 Å². The Labute approximate surface area is 161 Å². The van der Waals surface area contributed by atoms with Crippen molar-refractivity contribution in [2.45, 2.75) is 6.92 Å². The van der Waals surface area contributed by atoms with E-state index in [0.717, 1.165) is 5.76 Å². The van der Waals surface area contributed by atoms with Crippen molar-refractivity contribution in [1.29, 1.82) is 0 Å². The summed E-state index contributed by atoms with van der Waals surface area (Å²) in [7, 11) is 1.51. The SMILES string of the molecule is COc1ccccc1OCC(=O)NNC(=S)NC(=O)/C=C/c1ccc(C)o1. The molecular formula is C18H19N3O5S. The maximum Gasteiger partial charge on any atom is 0.276 e. The van der Waals surface area contributed by atoms with Crippen LogP contribution in [-0.2, 0) is 9.59 Å². The molecule has 0 aliphatic heterocycles. The van der Waals surface area contributed by atoms with E-state index in [4.69, 9.17) is 26.1 Å². The van der Waals surface area contributed by atoms with Crippen LogP contribution in [0.15, 0.2) is 46.9 Å². The number of ether oxygens (including phenoxy) is 2. The molecule has 142 valence electrons. The Morgan fingerprint density at radius 2 is 1.89 bits per heavy atom. The molecule has 8 nitrogen and oxygen atoms in total. The molecule has 0 unspecified atom stereocenters. The summed E-state index contributed by atoms with van der Waals surface area (Å²) in [6, 6.07) is 10.5. The third kappa shape index (κ3) is 6.83. The highest BCUT2D eigenvalue weighted by atomic mass is 32.1. The summed E-state index contributed by atoms with van der Waals surface area (Å²) >= 11 is 4.92. The summed E-state index contributed by atoms with van der Waals surface area (Å²) in [5, 5.41) is 2.32. The van der Waals surface area contributed by atoms with E-state index in [9.17, 15) is 9.59 Å². The molecule has 0 fully saturated rings. The number of aryl methyl sites for hydroxylation is 1. The highest BCUT2D eigenvalue weighted by molar-refractivity contribution is 7.80. The van der Waals surface area contributed by atoms with E-state index in [1.54, 1.807) is 43.3 Å². The molecule has 0 atom stereocenters. The number of furan rings is 1. The number of hydrogen-bond acceptors (Lipinski definition) is 6. The van der Waals surface area contributed by atoms with Gasteiger partial charge in [-0.2, -0.15) is 0 Å². The molecule has 2 aromatic rings. The number of amides is 2. The zero-order valence-corrected chi connectivity index (χ0v) is 15.6. The number of carbonyl (C=O) groups excluding carboxylic acids is 2. The fourth-order valence-corrected chi connectivity index (χ4v) is 2.08. The molecule has 0 saturated heterocycles. The number of rotatable bonds is 6. The zero-order valence-electron chi connectivity index (χ0n) is 14.8. The van der Waals surface area contributed by atoms with E-state index in [2.05, 4.69) is 16.2 Å². The first-order chi connectivity index (χ1) is 13.0. The van der Waals surface area contributed by atoms with Crippen LogP contribution < -0.4 is 25.6 Å². The normalized spacial score (nSPS) is 10.3. The molecule has 1 aromatic heterocycles. The summed E-state index contributed by atoms with van der Waals surface area (Å²) in [4.78, 5) is 23.5. The Morgan fingerprint density at radius 3 is 2.56 bits per heavy atom. The van der Waals surface area contributed by atoms with Gasteiger partial charge in [-0.1, -0.05) is 12.1 Å². The Morgan fingerprint density at radius 1 is 1.15 bits per heavy atom. The standard InChI is InChI=1S/C18H19N3O5S/c1-12-7-8-13(26-12)9-10-16(22)19-18(27)21-20-17(23)11-25-15-6-4-3-5-14(15)24-2/h3-10H,11H2,1-2H3,(H,20,23)(H2,19,21,22,27)/b10-9+. The lowest BCUT2D eigenvalue weighted by molar-refractivity contribution is -0.123. The number of hydrogen-bond donors (Lipinski definition) is 3. The third-order valence-electron chi connectivity index (χ3n) is 3.14. The molecule has 2 rings (SSSR count). The first-order valence-corrected chi connectivity index (χ1v) is 8.29. The predicted octanol–water partition coefficient (Wildman–Crippen LogP) is 1.71. The first-order valence-electron chi connectivity index (χ1n) is 7.88. The highest BCUT2D eigenvalue weighted by Crippen LogP contribution is 2.25. The monoisotopic (exact) mass is 389 g/mol. The van der Waals surface area contributed by atoms with Gasteiger partial charge in [0, 0.05) is 6.08 Å².